The fraction of sp³-hybridized carbons (Fsp3) is 0.500. The standard InChI is InChI=1S/C16H25N3O3/c1-2-3-10-22-14-6-4-13(5-7-14)8-9-18-16(21)12-19-15(20)11-17/h4-7H,2-3,8-12,17H2,1H3,(H,18,21)(H,19,20). The van der Waals surface area contributed by atoms with Crippen LogP contribution in [0.25, 0.3) is 0 Å². The number of hydrogen-bond donors (Lipinski definition) is 3. The van der Waals surface area contributed by atoms with Crippen molar-refractivity contribution >= 4 is 11.8 Å². The van der Waals surface area contributed by atoms with Crippen LogP contribution in [0.5, 0.6) is 5.75 Å². The van der Waals surface area contributed by atoms with E-state index in [0.29, 0.717) is 6.54 Å². The monoisotopic (exact) mass is 307 g/mol. The average molecular weight is 307 g/mol. The Labute approximate surface area is 131 Å². The Kier molecular flexibility index (Phi) is 8.67. The number of nitrogens with two attached hydrogens (primary N) is 1. The van der Waals surface area contributed by atoms with Crippen LogP contribution in [-0.4, -0.2) is 38.1 Å². The van der Waals surface area contributed by atoms with Crippen LogP contribution < -0.4 is 21.1 Å². The Morgan fingerprint density at radius 1 is 1.14 bits per heavy atom. The van der Waals surface area contributed by atoms with E-state index in [-0.39, 0.29) is 24.9 Å². The van der Waals surface area contributed by atoms with Crippen molar-refractivity contribution in [2.24, 2.45) is 5.73 Å². The second kappa shape index (κ2) is 10.6. The molecule has 0 aromatic heterocycles. The van der Waals surface area contributed by atoms with Crippen LogP contribution in [0.2, 0.25) is 0 Å². The summed E-state index contributed by atoms with van der Waals surface area (Å²) in [6.07, 6.45) is 2.89. The van der Waals surface area contributed by atoms with Gasteiger partial charge in [0.25, 0.3) is 0 Å². The highest BCUT2D eigenvalue weighted by Crippen LogP contribution is 2.12. The topological polar surface area (TPSA) is 93.5 Å². The lowest BCUT2D eigenvalue weighted by molar-refractivity contribution is -0.125. The van der Waals surface area contributed by atoms with Crippen molar-refractivity contribution in [2.45, 2.75) is 26.2 Å². The second-order valence-electron chi connectivity index (χ2n) is 4.93. The zero-order valence-corrected chi connectivity index (χ0v) is 13.1. The maximum atomic E-state index is 11.5. The highest BCUT2D eigenvalue weighted by molar-refractivity contribution is 5.85. The fourth-order valence-corrected chi connectivity index (χ4v) is 1.75. The number of ether oxygens (including phenoxy) is 1. The summed E-state index contributed by atoms with van der Waals surface area (Å²) in [5.41, 5.74) is 6.25. The predicted octanol–water partition coefficient (Wildman–Crippen LogP) is 0.599. The molecule has 6 heteroatoms. The molecule has 1 aromatic rings. The number of unbranched alkanes of at least 4 members (excludes halogenated alkanes) is 1. The van der Waals surface area contributed by atoms with Crippen molar-refractivity contribution < 1.29 is 14.3 Å². The van der Waals surface area contributed by atoms with Gasteiger partial charge < -0.3 is 21.1 Å². The van der Waals surface area contributed by atoms with Crippen molar-refractivity contribution in [3.63, 3.8) is 0 Å². The lowest BCUT2D eigenvalue weighted by atomic mass is 10.1. The molecule has 22 heavy (non-hydrogen) atoms. The lowest BCUT2D eigenvalue weighted by Crippen LogP contribution is -2.40. The number of carbonyl (C=O) groups excluding carboxylic acids is 2. The minimum atomic E-state index is -0.339. The molecule has 0 aliphatic rings. The molecular formula is C16H25N3O3. The van der Waals surface area contributed by atoms with E-state index < -0.39 is 0 Å². The first-order chi connectivity index (χ1) is 10.7. The number of benzene rings is 1. The molecular weight excluding hydrogens is 282 g/mol. The van der Waals surface area contributed by atoms with Gasteiger partial charge in [-0.3, -0.25) is 9.59 Å². The summed E-state index contributed by atoms with van der Waals surface area (Å²) >= 11 is 0. The van der Waals surface area contributed by atoms with Gasteiger partial charge in [-0.1, -0.05) is 25.5 Å². The van der Waals surface area contributed by atoms with Crippen LogP contribution in [0.1, 0.15) is 25.3 Å². The first-order valence-corrected chi connectivity index (χ1v) is 7.61. The summed E-state index contributed by atoms with van der Waals surface area (Å²) in [4.78, 5) is 22.4. The van der Waals surface area contributed by atoms with E-state index in [2.05, 4.69) is 17.6 Å². The van der Waals surface area contributed by atoms with Crippen molar-refractivity contribution in [3.8, 4) is 5.75 Å². The van der Waals surface area contributed by atoms with Crippen LogP contribution in [-0.2, 0) is 16.0 Å². The molecule has 0 aliphatic carbocycles. The third-order valence-corrected chi connectivity index (χ3v) is 3.06. The van der Waals surface area contributed by atoms with E-state index in [1.807, 2.05) is 24.3 Å². The average Bonchev–Trinajstić information content (AvgIpc) is 2.54. The quantitative estimate of drug-likeness (QED) is 0.552. The molecule has 1 rings (SSSR count). The third kappa shape index (κ3) is 7.64. The fourth-order valence-electron chi connectivity index (χ4n) is 1.75. The molecule has 6 nitrogen and oxygen atoms in total. The van der Waals surface area contributed by atoms with Gasteiger partial charge in [-0.2, -0.15) is 0 Å². The molecule has 0 unspecified atom stereocenters. The van der Waals surface area contributed by atoms with E-state index >= 15 is 0 Å². The molecule has 0 saturated carbocycles. The van der Waals surface area contributed by atoms with Crippen LogP contribution in [0.3, 0.4) is 0 Å². The van der Waals surface area contributed by atoms with E-state index in [0.717, 1.165) is 37.2 Å². The van der Waals surface area contributed by atoms with E-state index in [1.165, 1.54) is 0 Å². The van der Waals surface area contributed by atoms with Crippen molar-refractivity contribution in [1.82, 2.24) is 10.6 Å². The van der Waals surface area contributed by atoms with Gasteiger partial charge in [-0.05, 0) is 30.5 Å². The van der Waals surface area contributed by atoms with Gasteiger partial charge in [-0.15, -0.1) is 0 Å². The zero-order valence-electron chi connectivity index (χ0n) is 13.1. The molecule has 0 spiro atoms. The summed E-state index contributed by atoms with van der Waals surface area (Å²) in [6, 6.07) is 7.86. The predicted molar refractivity (Wildman–Crippen MR) is 85.6 cm³/mol. The number of hydrogen-bond acceptors (Lipinski definition) is 4. The summed E-state index contributed by atoms with van der Waals surface area (Å²) in [7, 11) is 0. The molecule has 0 radical (unpaired) electrons. The Bertz CT molecular complexity index is 460. The lowest BCUT2D eigenvalue weighted by Gasteiger charge is -2.08. The smallest absolute Gasteiger partial charge is 0.239 e. The Morgan fingerprint density at radius 3 is 2.50 bits per heavy atom. The Morgan fingerprint density at radius 2 is 1.86 bits per heavy atom. The molecule has 0 heterocycles. The minimum absolute atomic E-state index is 0.0414. The van der Waals surface area contributed by atoms with Gasteiger partial charge in [-0.25, -0.2) is 0 Å². The van der Waals surface area contributed by atoms with Crippen molar-refractivity contribution in [1.29, 1.82) is 0 Å². The molecule has 0 bridgehead atoms. The van der Waals surface area contributed by atoms with Gasteiger partial charge in [0.1, 0.15) is 5.75 Å². The molecule has 2 amide bonds. The highest BCUT2D eigenvalue weighted by Gasteiger charge is 2.03. The van der Waals surface area contributed by atoms with E-state index in [9.17, 15) is 9.59 Å². The van der Waals surface area contributed by atoms with Crippen LogP contribution in [0, 0.1) is 0 Å². The maximum Gasteiger partial charge on any atom is 0.239 e. The second-order valence-corrected chi connectivity index (χ2v) is 4.93. The van der Waals surface area contributed by atoms with Gasteiger partial charge >= 0.3 is 0 Å². The molecule has 0 atom stereocenters. The summed E-state index contributed by atoms with van der Waals surface area (Å²) in [6.45, 7) is 3.23. The van der Waals surface area contributed by atoms with Crippen molar-refractivity contribution in [2.75, 3.05) is 26.2 Å². The van der Waals surface area contributed by atoms with Gasteiger partial charge in [0.15, 0.2) is 0 Å². The number of nitrogens with one attached hydrogen (secondary N) is 2. The molecule has 122 valence electrons. The number of carbonyl (C=O) groups is 2. The molecule has 0 fully saturated rings. The first-order valence-electron chi connectivity index (χ1n) is 7.61. The van der Waals surface area contributed by atoms with Gasteiger partial charge in [0.2, 0.25) is 11.8 Å². The van der Waals surface area contributed by atoms with Crippen molar-refractivity contribution in [3.05, 3.63) is 29.8 Å². The van der Waals surface area contributed by atoms with Gasteiger partial charge in [0, 0.05) is 6.54 Å². The number of rotatable bonds is 10. The summed E-state index contributed by atoms with van der Waals surface area (Å²) in [5, 5.41) is 5.16. The van der Waals surface area contributed by atoms with Crippen LogP contribution in [0.15, 0.2) is 24.3 Å². The SMILES string of the molecule is CCCCOc1ccc(CCNC(=O)CNC(=O)CN)cc1. The molecule has 4 N–H and O–H groups in total. The Hall–Kier alpha value is -2.08. The minimum Gasteiger partial charge on any atom is -0.494 e. The van der Waals surface area contributed by atoms with E-state index in [4.69, 9.17) is 10.5 Å². The summed E-state index contributed by atoms with van der Waals surface area (Å²) < 4.78 is 5.59. The van der Waals surface area contributed by atoms with E-state index in [1.54, 1.807) is 0 Å². The molecule has 1 aromatic carbocycles. The highest BCUT2D eigenvalue weighted by atomic mass is 16.5. The van der Waals surface area contributed by atoms with Crippen LogP contribution in [0.4, 0.5) is 0 Å². The Balaban J connectivity index is 2.21. The summed E-state index contributed by atoms with van der Waals surface area (Å²) in [5.74, 6) is 0.306. The first kappa shape index (κ1) is 18.0. The maximum absolute atomic E-state index is 11.5. The largest absolute Gasteiger partial charge is 0.494 e. The normalized spacial score (nSPS) is 10.1. The van der Waals surface area contributed by atoms with Gasteiger partial charge in [0.05, 0.1) is 19.7 Å². The zero-order chi connectivity index (χ0) is 16.2. The molecule has 0 aliphatic heterocycles. The third-order valence-electron chi connectivity index (χ3n) is 3.06. The number of amides is 2. The molecule has 0 saturated heterocycles. The van der Waals surface area contributed by atoms with Crippen LogP contribution >= 0.6 is 0 Å².